The number of fused-ring (bicyclic) bond motifs is 1. The minimum absolute atomic E-state index is 0.0271. The number of halogens is 2. The lowest BCUT2D eigenvalue weighted by atomic mass is 10.1. The van der Waals surface area contributed by atoms with Crippen LogP contribution in [0.25, 0.3) is 16.3 Å². The second-order valence-electron chi connectivity index (χ2n) is 6.67. The van der Waals surface area contributed by atoms with Crippen LogP contribution >= 0.6 is 34.5 Å². The van der Waals surface area contributed by atoms with Crippen LogP contribution in [0.1, 0.15) is 11.1 Å². The lowest BCUT2D eigenvalue weighted by Crippen LogP contribution is -2.13. The summed E-state index contributed by atoms with van der Waals surface area (Å²) in [7, 11) is 0. The Labute approximate surface area is 198 Å². The van der Waals surface area contributed by atoms with E-state index in [2.05, 4.69) is 10.3 Å². The molecule has 4 rings (SSSR count). The molecule has 0 saturated heterocycles. The summed E-state index contributed by atoms with van der Waals surface area (Å²) in [5.41, 5.74) is 2.16. The predicted molar refractivity (Wildman–Crippen MR) is 129 cm³/mol. The Kier molecular flexibility index (Phi) is 6.72. The average Bonchev–Trinajstić information content (AvgIpc) is 3.20. The van der Waals surface area contributed by atoms with E-state index in [1.807, 2.05) is 30.3 Å². The van der Waals surface area contributed by atoms with Crippen LogP contribution < -0.4 is 10.1 Å². The van der Waals surface area contributed by atoms with Crippen molar-refractivity contribution in [3.63, 3.8) is 0 Å². The molecule has 1 heterocycles. The van der Waals surface area contributed by atoms with Crippen molar-refractivity contribution in [1.29, 1.82) is 5.26 Å². The molecule has 0 saturated carbocycles. The van der Waals surface area contributed by atoms with Crippen molar-refractivity contribution in [3.8, 4) is 11.8 Å². The Morgan fingerprint density at radius 1 is 1.06 bits per heavy atom. The first-order valence-electron chi connectivity index (χ1n) is 9.48. The summed E-state index contributed by atoms with van der Waals surface area (Å²) in [5, 5.41) is 13.7. The Morgan fingerprint density at radius 2 is 1.78 bits per heavy atom. The first kappa shape index (κ1) is 21.8. The van der Waals surface area contributed by atoms with E-state index in [0.717, 1.165) is 10.2 Å². The predicted octanol–water partition coefficient (Wildman–Crippen LogP) is 6.73. The first-order chi connectivity index (χ1) is 15.5. The van der Waals surface area contributed by atoms with Crippen LogP contribution in [0.5, 0.6) is 5.75 Å². The monoisotopic (exact) mass is 479 g/mol. The largest absolute Gasteiger partial charge is 0.489 e. The summed E-state index contributed by atoms with van der Waals surface area (Å²) >= 11 is 13.7. The summed E-state index contributed by atoms with van der Waals surface area (Å²) < 4.78 is 6.71. The van der Waals surface area contributed by atoms with E-state index in [1.54, 1.807) is 42.5 Å². The molecule has 4 aromatic rings. The van der Waals surface area contributed by atoms with Crippen LogP contribution in [0.15, 0.2) is 72.3 Å². The van der Waals surface area contributed by atoms with Gasteiger partial charge in [-0.05, 0) is 48.0 Å². The molecular formula is C24H15Cl2N3O2S. The van der Waals surface area contributed by atoms with Gasteiger partial charge in [0, 0.05) is 15.6 Å². The number of rotatable bonds is 6. The van der Waals surface area contributed by atoms with E-state index >= 15 is 0 Å². The molecule has 1 N–H and O–H groups in total. The molecular weight excluding hydrogens is 465 g/mol. The fourth-order valence-electron chi connectivity index (χ4n) is 2.89. The molecule has 0 aliphatic rings. The minimum Gasteiger partial charge on any atom is -0.489 e. The molecule has 0 unspecified atom stereocenters. The van der Waals surface area contributed by atoms with E-state index in [-0.39, 0.29) is 12.2 Å². The number of para-hydroxylation sites is 1. The smallest absolute Gasteiger partial charge is 0.268 e. The molecule has 0 aliphatic heterocycles. The van der Waals surface area contributed by atoms with Crippen molar-refractivity contribution in [2.45, 2.75) is 6.61 Å². The van der Waals surface area contributed by atoms with E-state index in [0.29, 0.717) is 32.1 Å². The summed E-state index contributed by atoms with van der Waals surface area (Å²) in [6.45, 7) is 0.224. The zero-order valence-corrected chi connectivity index (χ0v) is 18.8. The number of thiazole rings is 1. The van der Waals surface area contributed by atoms with Crippen LogP contribution in [0.2, 0.25) is 10.0 Å². The number of nitrogens with zero attached hydrogens (tertiary/aromatic N) is 2. The number of benzene rings is 3. The van der Waals surface area contributed by atoms with Gasteiger partial charge in [-0.3, -0.25) is 10.1 Å². The van der Waals surface area contributed by atoms with Gasteiger partial charge in [0.2, 0.25) is 0 Å². The zero-order valence-electron chi connectivity index (χ0n) is 16.5. The van der Waals surface area contributed by atoms with Gasteiger partial charge in [0.25, 0.3) is 5.91 Å². The number of aromatic nitrogens is 1. The Balaban J connectivity index is 1.43. The van der Waals surface area contributed by atoms with Gasteiger partial charge in [-0.1, -0.05) is 64.9 Å². The second-order valence-corrected chi connectivity index (χ2v) is 8.51. The number of amides is 1. The van der Waals surface area contributed by atoms with Crippen molar-refractivity contribution in [3.05, 3.63) is 93.5 Å². The van der Waals surface area contributed by atoms with Gasteiger partial charge < -0.3 is 4.74 Å². The Hall–Kier alpha value is -3.37. The fraction of sp³-hybridized carbons (Fsp3) is 0.0417. The van der Waals surface area contributed by atoms with Gasteiger partial charge in [-0.25, -0.2) is 4.98 Å². The van der Waals surface area contributed by atoms with Crippen molar-refractivity contribution in [2.75, 3.05) is 5.32 Å². The normalized spacial score (nSPS) is 11.2. The van der Waals surface area contributed by atoms with Gasteiger partial charge in [-0.15, -0.1) is 0 Å². The molecule has 3 aromatic carbocycles. The van der Waals surface area contributed by atoms with Crippen LogP contribution in [-0.4, -0.2) is 10.9 Å². The van der Waals surface area contributed by atoms with E-state index in [9.17, 15) is 10.1 Å². The number of nitrogens with one attached hydrogen (secondary N) is 1. The Bertz CT molecular complexity index is 1300. The number of anilines is 1. The molecule has 32 heavy (non-hydrogen) atoms. The van der Waals surface area contributed by atoms with Gasteiger partial charge in [-0.2, -0.15) is 5.26 Å². The lowest BCUT2D eigenvalue weighted by Gasteiger charge is -2.09. The first-order valence-corrected chi connectivity index (χ1v) is 11.1. The van der Waals surface area contributed by atoms with Gasteiger partial charge in [0.15, 0.2) is 5.13 Å². The number of nitriles is 1. The highest BCUT2D eigenvalue weighted by Crippen LogP contribution is 2.27. The number of hydrogen-bond acceptors (Lipinski definition) is 5. The maximum Gasteiger partial charge on any atom is 0.268 e. The van der Waals surface area contributed by atoms with Crippen molar-refractivity contribution >= 4 is 61.9 Å². The second kappa shape index (κ2) is 9.84. The van der Waals surface area contributed by atoms with E-state index < -0.39 is 5.91 Å². The molecule has 5 nitrogen and oxygen atoms in total. The molecule has 158 valence electrons. The van der Waals surface area contributed by atoms with Crippen molar-refractivity contribution < 1.29 is 9.53 Å². The molecule has 0 radical (unpaired) electrons. The maximum absolute atomic E-state index is 12.5. The molecule has 0 aliphatic carbocycles. The molecule has 0 bridgehead atoms. The number of carbonyl (C=O) groups is 1. The standard InChI is InChI=1S/C24H15Cl2N3O2S/c25-19-4-3-5-20(26)18(19)14-31-17-10-8-15(9-11-17)12-16(13-27)23(30)29-24-28-21-6-1-2-7-22(21)32-24/h1-12H,14H2,(H,28,29,30)/b16-12+. The maximum atomic E-state index is 12.5. The average molecular weight is 480 g/mol. The molecule has 1 amide bonds. The number of ether oxygens (including phenoxy) is 1. The highest BCUT2D eigenvalue weighted by molar-refractivity contribution is 7.22. The SMILES string of the molecule is N#C/C(=C\c1ccc(OCc2c(Cl)cccc2Cl)cc1)C(=O)Nc1nc2ccccc2s1. The molecule has 0 atom stereocenters. The lowest BCUT2D eigenvalue weighted by molar-refractivity contribution is -0.112. The molecule has 8 heteroatoms. The summed E-state index contributed by atoms with van der Waals surface area (Å²) in [5.74, 6) is 0.0933. The van der Waals surface area contributed by atoms with Crippen LogP contribution in [0.3, 0.4) is 0 Å². The Morgan fingerprint density at radius 3 is 2.47 bits per heavy atom. The minimum atomic E-state index is -0.514. The van der Waals surface area contributed by atoms with Crippen LogP contribution in [-0.2, 0) is 11.4 Å². The molecule has 0 spiro atoms. The highest BCUT2D eigenvalue weighted by Gasteiger charge is 2.13. The van der Waals surface area contributed by atoms with E-state index in [4.69, 9.17) is 27.9 Å². The third-order valence-electron chi connectivity index (χ3n) is 4.52. The number of carbonyl (C=O) groups excluding carboxylic acids is 1. The summed E-state index contributed by atoms with van der Waals surface area (Å²) in [6, 6.07) is 21.8. The summed E-state index contributed by atoms with van der Waals surface area (Å²) in [4.78, 5) is 16.9. The van der Waals surface area contributed by atoms with Gasteiger partial charge in [0.1, 0.15) is 24.0 Å². The summed E-state index contributed by atoms with van der Waals surface area (Å²) in [6.07, 6.45) is 1.51. The molecule has 0 fully saturated rings. The molecule has 1 aromatic heterocycles. The van der Waals surface area contributed by atoms with Gasteiger partial charge >= 0.3 is 0 Å². The number of hydrogen-bond donors (Lipinski definition) is 1. The third kappa shape index (κ3) is 5.09. The van der Waals surface area contributed by atoms with Crippen molar-refractivity contribution in [2.24, 2.45) is 0 Å². The van der Waals surface area contributed by atoms with Crippen molar-refractivity contribution in [1.82, 2.24) is 4.98 Å². The highest BCUT2D eigenvalue weighted by atomic mass is 35.5. The third-order valence-corrected chi connectivity index (χ3v) is 6.18. The van der Waals surface area contributed by atoms with E-state index in [1.165, 1.54) is 17.4 Å². The van der Waals surface area contributed by atoms with Crippen LogP contribution in [0, 0.1) is 11.3 Å². The van der Waals surface area contributed by atoms with Gasteiger partial charge in [0.05, 0.1) is 10.2 Å². The quantitative estimate of drug-likeness (QED) is 0.245. The van der Waals surface area contributed by atoms with Crippen LogP contribution in [0.4, 0.5) is 5.13 Å². The topological polar surface area (TPSA) is 75.0 Å². The zero-order chi connectivity index (χ0) is 22.5. The fourth-order valence-corrected chi connectivity index (χ4v) is 4.26.